The van der Waals surface area contributed by atoms with E-state index in [9.17, 15) is 13.2 Å². The third kappa shape index (κ3) is 5.52. The summed E-state index contributed by atoms with van der Waals surface area (Å²) in [6.07, 6.45) is 3.84. The lowest BCUT2D eigenvalue weighted by Gasteiger charge is -2.20. The zero-order chi connectivity index (χ0) is 21.6. The van der Waals surface area contributed by atoms with Crippen molar-refractivity contribution >= 4 is 21.6 Å². The molecule has 0 bridgehead atoms. The van der Waals surface area contributed by atoms with Gasteiger partial charge in [-0.25, -0.2) is 8.42 Å². The Kier molecular flexibility index (Phi) is 7.33. The normalized spacial score (nSPS) is 15.3. The van der Waals surface area contributed by atoms with Gasteiger partial charge in [0, 0.05) is 18.8 Å². The third-order valence-corrected chi connectivity index (χ3v) is 6.89. The van der Waals surface area contributed by atoms with Crippen LogP contribution in [0.5, 0.6) is 11.5 Å². The molecule has 3 rings (SSSR count). The number of rotatable bonds is 7. The average molecular weight is 433 g/mol. The van der Waals surface area contributed by atoms with Crippen molar-refractivity contribution in [3.63, 3.8) is 0 Å². The number of anilines is 1. The average Bonchev–Trinajstić information content (AvgIpc) is 3.03. The monoisotopic (exact) mass is 432 g/mol. The van der Waals surface area contributed by atoms with Crippen LogP contribution in [0.15, 0.2) is 47.4 Å². The van der Waals surface area contributed by atoms with Crippen LogP contribution < -0.4 is 14.8 Å². The van der Waals surface area contributed by atoms with Gasteiger partial charge in [-0.3, -0.25) is 4.79 Å². The molecule has 0 atom stereocenters. The Labute approximate surface area is 178 Å². The van der Waals surface area contributed by atoms with Gasteiger partial charge in [0.1, 0.15) is 0 Å². The zero-order valence-electron chi connectivity index (χ0n) is 17.4. The first-order valence-electron chi connectivity index (χ1n) is 10.1. The lowest BCUT2D eigenvalue weighted by atomic mass is 10.2. The predicted molar refractivity (Wildman–Crippen MR) is 116 cm³/mol. The van der Waals surface area contributed by atoms with E-state index in [-0.39, 0.29) is 17.4 Å². The fourth-order valence-corrected chi connectivity index (χ4v) is 4.96. The molecule has 1 saturated heterocycles. The molecule has 1 fully saturated rings. The van der Waals surface area contributed by atoms with Gasteiger partial charge < -0.3 is 14.8 Å². The number of benzene rings is 2. The van der Waals surface area contributed by atoms with E-state index in [1.165, 1.54) is 17.5 Å². The molecule has 0 aliphatic carbocycles. The molecule has 0 aromatic heterocycles. The number of amides is 1. The highest BCUT2D eigenvalue weighted by Gasteiger charge is 2.25. The van der Waals surface area contributed by atoms with Crippen molar-refractivity contribution < 1.29 is 22.7 Å². The van der Waals surface area contributed by atoms with E-state index in [4.69, 9.17) is 9.47 Å². The first-order chi connectivity index (χ1) is 14.4. The van der Waals surface area contributed by atoms with E-state index in [0.717, 1.165) is 31.2 Å². The number of carbonyl (C=O) groups is 1. The number of nitrogens with zero attached hydrogens (tertiary/aromatic N) is 1. The summed E-state index contributed by atoms with van der Waals surface area (Å²) in [6, 6.07) is 11.8. The minimum atomic E-state index is -3.58. The predicted octanol–water partition coefficient (Wildman–Crippen LogP) is 3.59. The Morgan fingerprint density at radius 3 is 2.47 bits per heavy atom. The molecule has 0 radical (unpaired) electrons. The van der Waals surface area contributed by atoms with Gasteiger partial charge in [-0.1, -0.05) is 25.0 Å². The van der Waals surface area contributed by atoms with Crippen LogP contribution >= 0.6 is 0 Å². The molecule has 1 aliphatic heterocycles. The van der Waals surface area contributed by atoms with Crippen LogP contribution in [0.4, 0.5) is 5.69 Å². The van der Waals surface area contributed by atoms with Gasteiger partial charge in [0.25, 0.3) is 5.91 Å². The van der Waals surface area contributed by atoms with Gasteiger partial charge in [0.15, 0.2) is 18.1 Å². The summed E-state index contributed by atoms with van der Waals surface area (Å²) in [4.78, 5) is 12.5. The maximum Gasteiger partial charge on any atom is 0.262 e. The number of aryl methyl sites for hydroxylation is 1. The maximum absolute atomic E-state index is 13.0. The first kappa shape index (κ1) is 22.1. The quantitative estimate of drug-likeness (QED) is 0.723. The molecule has 0 unspecified atom stereocenters. The number of ether oxygens (including phenoxy) is 2. The van der Waals surface area contributed by atoms with Crippen molar-refractivity contribution in [2.45, 2.75) is 37.5 Å². The molecule has 30 heavy (non-hydrogen) atoms. The Bertz CT molecular complexity index is 983. The molecule has 0 saturated carbocycles. The minimum absolute atomic E-state index is 0.184. The summed E-state index contributed by atoms with van der Waals surface area (Å²) < 4.78 is 38.3. The lowest BCUT2D eigenvalue weighted by molar-refractivity contribution is -0.118. The van der Waals surface area contributed by atoms with Crippen LogP contribution in [0.1, 0.15) is 31.2 Å². The van der Waals surface area contributed by atoms with Crippen molar-refractivity contribution in [2.24, 2.45) is 0 Å². The highest BCUT2D eigenvalue weighted by atomic mass is 32.2. The third-order valence-electron chi connectivity index (χ3n) is 5.00. The largest absolute Gasteiger partial charge is 0.493 e. The lowest BCUT2D eigenvalue weighted by Crippen LogP contribution is -2.32. The second-order valence-corrected chi connectivity index (χ2v) is 9.28. The van der Waals surface area contributed by atoms with Crippen molar-refractivity contribution in [1.29, 1.82) is 0 Å². The number of hydrogen-bond acceptors (Lipinski definition) is 5. The Balaban J connectivity index is 1.65. The van der Waals surface area contributed by atoms with Gasteiger partial charge in [-0.2, -0.15) is 4.31 Å². The van der Waals surface area contributed by atoms with Crippen LogP contribution in [-0.2, 0) is 14.8 Å². The molecule has 2 aromatic carbocycles. The molecule has 162 valence electrons. The van der Waals surface area contributed by atoms with Gasteiger partial charge in [0.2, 0.25) is 10.0 Å². The summed E-state index contributed by atoms with van der Waals surface area (Å²) in [7, 11) is -2.04. The second-order valence-electron chi connectivity index (χ2n) is 7.34. The van der Waals surface area contributed by atoms with Crippen molar-refractivity contribution in [1.82, 2.24) is 4.31 Å². The topological polar surface area (TPSA) is 84.9 Å². The Morgan fingerprint density at radius 2 is 1.77 bits per heavy atom. The number of carbonyl (C=O) groups excluding carboxylic acids is 1. The molecule has 1 aliphatic rings. The van der Waals surface area contributed by atoms with E-state index < -0.39 is 10.0 Å². The second kappa shape index (κ2) is 9.95. The van der Waals surface area contributed by atoms with Gasteiger partial charge in [0.05, 0.1) is 12.0 Å². The Hall–Kier alpha value is -2.58. The van der Waals surface area contributed by atoms with Gasteiger partial charge in [-0.15, -0.1) is 0 Å². The van der Waals surface area contributed by atoms with E-state index in [0.29, 0.717) is 30.3 Å². The summed E-state index contributed by atoms with van der Waals surface area (Å²) in [6.45, 7) is 2.78. The smallest absolute Gasteiger partial charge is 0.262 e. The van der Waals surface area contributed by atoms with Crippen LogP contribution in [0.25, 0.3) is 0 Å². The van der Waals surface area contributed by atoms with E-state index in [1.807, 2.05) is 19.1 Å². The number of hydrogen-bond donors (Lipinski definition) is 1. The van der Waals surface area contributed by atoms with Crippen LogP contribution in [0.2, 0.25) is 0 Å². The molecule has 2 aromatic rings. The summed E-state index contributed by atoms with van der Waals surface area (Å²) in [5, 5.41) is 2.70. The van der Waals surface area contributed by atoms with Crippen molar-refractivity contribution in [3.05, 3.63) is 48.0 Å². The first-order valence-corrected chi connectivity index (χ1v) is 11.5. The van der Waals surface area contributed by atoms with Crippen LogP contribution in [-0.4, -0.2) is 45.4 Å². The fraction of sp³-hybridized carbons (Fsp3) is 0.409. The molecule has 1 N–H and O–H groups in total. The van der Waals surface area contributed by atoms with Crippen LogP contribution in [0, 0.1) is 6.92 Å². The molecule has 7 nitrogen and oxygen atoms in total. The summed E-state index contributed by atoms with van der Waals surface area (Å²) >= 11 is 0. The van der Waals surface area contributed by atoms with Crippen molar-refractivity contribution in [3.8, 4) is 11.5 Å². The number of sulfonamides is 1. The van der Waals surface area contributed by atoms with Crippen molar-refractivity contribution in [2.75, 3.05) is 32.1 Å². The van der Waals surface area contributed by atoms with E-state index >= 15 is 0 Å². The fourth-order valence-electron chi connectivity index (χ4n) is 3.40. The molecule has 0 spiro atoms. The van der Waals surface area contributed by atoms with Gasteiger partial charge in [-0.05, 0) is 55.7 Å². The highest BCUT2D eigenvalue weighted by molar-refractivity contribution is 7.89. The molecule has 8 heteroatoms. The molecular formula is C22H28N2O5S. The standard InChI is InChI=1S/C22H28N2O5S/c1-17-10-11-20(21(14-17)28-2)29-16-22(25)23-18-8-7-9-19(15-18)30(26,27)24-12-5-3-4-6-13-24/h7-11,14-15H,3-6,12-13,16H2,1-2H3,(H,23,25). The molecule has 1 amide bonds. The summed E-state index contributed by atoms with van der Waals surface area (Å²) in [5.41, 5.74) is 1.43. The highest BCUT2D eigenvalue weighted by Crippen LogP contribution is 2.28. The van der Waals surface area contributed by atoms with Gasteiger partial charge >= 0.3 is 0 Å². The van der Waals surface area contributed by atoms with E-state index in [2.05, 4.69) is 5.32 Å². The number of methoxy groups -OCH3 is 1. The molecular weight excluding hydrogens is 404 g/mol. The SMILES string of the molecule is COc1cc(C)ccc1OCC(=O)Nc1cccc(S(=O)(=O)N2CCCCCC2)c1. The Morgan fingerprint density at radius 1 is 1.03 bits per heavy atom. The maximum atomic E-state index is 13.0. The minimum Gasteiger partial charge on any atom is -0.493 e. The number of nitrogens with one attached hydrogen (secondary N) is 1. The zero-order valence-corrected chi connectivity index (χ0v) is 18.2. The summed E-state index contributed by atoms with van der Waals surface area (Å²) in [5.74, 6) is 0.631. The van der Waals surface area contributed by atoms with E-state index in [1.54, 1.807) is 24.3 Å². The molecule has 1 heterocycles. The van der Waals surface area contributed by atoms with Crippen LogP contribution in [0.3, 0.4) is 0 Å².